The van der Waals surface area contributed by atoms with Gasteiger partial charge in [-0.25, -0.2) is 19.0 Å². The third kappa shape index (κ3) is 5.11. The maximum absolute atomic E-state index is 13.5. The summed E-state index contributed by atoms with van der Waals surface area (Å²) in [5.74, 6) is -0.360. The third-order valence-corrected chi connectivity index (χ3v) is 5.10. The lowest BCUT2D eigenvalue weighted by Gasteiger charge is -2.17. The molecule has 176 valence electrons. The van der Waals surface area contributed by atoms with Crippen molar-refractivity contribution < 1.29 is 26.8 Å². The minimum Gasteiger partial charge on any atom is -0.489 e. The van der Waals surface area contributed by atoms with Crippen LogP contribution < -0.4 is 16.2 Å². The normalized spacial score (nSPS) is 11.5. The van der Waals surface area contributed by atoms with Crippen molar-refractivity contribution in [2.75, 3.05) is 0 Å². The van der Waals surface area contributed by atoms with E-state index >= 15 is 0 Å². The molecule has 0 bridgehead atoms. The average molecular weight is 474 g/mol. The van der Waals surface area contributed by atoms with Crippen LogP contribution >= 0.6 is 0 Å². The molecule has 0 fully saturated rings. The van der Waals surface area contributed by atoms with Gasteiger partial charge in [0.15, 0.2) is 0 Å². The Labute approximate surface area is 190 Å². The van der Waals surface area contributed by atoms with Gasteiger partial charge in [-0.15, -0.1) is 4.74 Å². The quantitative estimate of drug-likeness (QED) is 0.386. The van der Waals surface area contributed by atoms with Crippen LogP contribution in [-0.4, -0.2) is 9.72 Å². The van der Waals surface area contributed by atoms with Gasteiger partial charge in [0, 0.05) is 0 Å². The van der Waals surface area contributed by atoms with Gasteiger partial charge in [0.2, 0.25) is 0 Å². The number of aromatic amines is 1. The van der Waals surface area contributed by atoms with Crippen molar-refractivity contribution in [3.63, 3.8) is 0 Å². The van der Waals surface area contributed by atoms with Gasteiger partial charge in [0.25, 0.3) is 0 Å². The second-order valence-corrected chi connectivity index (χ2v) is 7.45. The zero-order valence-corrected chi connectivity index (χ0v) is 17.6. The minimum absolute atomic E-state index is 0.0409. The molecule has 1 aromatic heterocycles. The van der Waals surface area contributed by atoms with E-state index in [2.05, 4.69) is 0 Å². The Balaban J connectivity index is 1.50. The van der Waals surface area contributed by atoms with Gasteiger partial charge >= 0.3 is 17.6 Å². The summed E-state index contributed by atoms with van der Waals surface area (Å²) < 4.78 is 65.4. The number of hydrogen-bond donors (Lipinski definition) is 1. The van der Waals surface area contributed by atoms with Gasteiger partial charge in [-0.05, 0) is 52.1 Å². The first-order valence-corrected chi connectivity index (χ1v) is 10.1. The number of aromatic nitrogens is 2. The van der Waals surface area contributed by atoms with Crippen molar-refractivity contribution in [1.29, 1.82) is 0 Å². The monoisotopic (exact) mass is 474 g/mol. The summed E-state index contributed by atoms with van der Waals surface area (Å²) in [5.41, 5.74) is -0.251. The molecule has 1 N–H and O–H groups in total. The van der Waals surface area contributed by atoms with Crippen molar-refractivity contribution in [3.05, 3.63) is 110 Å². The molecule has 0 spiro atoms. The maximum atomic E-state index is 13.5. The van der Waals surface area contributed by atoms with Crippen molar-refractivity contribution in [2.45, 2.75) is 26.0 Å². The van der Waals surface area contributed by atoms with E-state index in [1.54, 1.807) is 42.5 Å². The number of rotatable bonds is 7. The predicted molar refractivity (Wildman–Crippen MR) is 115 cm³/mol. The Morgan fingerprint density at radius 2 is 1.68 bits per heavy atom. The molecule has 4 rings (SSSR count). The largest absolute Gasteiger partial charge is 0.489 e. The molecular weight excluding hydrogens is 456 g/mol. The van der Waals surface area contributed by atoms with Gasteiger partial charge in [-0.2, -0.15) is 13.2 Å². The van der Waals surface area contributed by atoms with Crippen LogP contribution in [-0.2, 0) is 26.0 Å². The topological polar surface area (TPSA) is 77.2 Å². The highest BCUT2D eigenvalue weighted by atomic mass is 19.4. The molecule has 1 heterocycles. The molecule has 0 saturated heterocycles. The molecule has 3 aromatic carbocycles. The summed E-state index contributed by atoms with van der Waals surface area (Å²) in [7, 11) is 0. The van der Waals surface area contributed by atoms with Crippen molar-refractivity contribution in [2.24, 2.45) is 0 Å². The summed E-state index contributed by atoms with van der Waals surface area (Å²) in [6, 6.07) is 16.5. The molecule has 0 radical (unpaired) electrons. The van der Waals surface area contributed by atoms with Gasteiger partial charge in [-0.3, -0.25) is 0 Å². The minimum atomic E-state index is -4.62. The number of nitrogens with zero attached hydrogens (tertiary/aromatic N) is 1. The Hall–Kier alpha value is -4.08. The number of halogens is 4. The lowest BCUT2D eigenvalue weighted by atomic mass is 9.93. The van der Waals surface area contributed by atoms with E-state index in [1.807, 2.05) is 4.98 Å². The molecule has 10 heteroatoms. The summed E-state index contributed by atoms with van der Waals surface area (Å²) in [6.07, 6.45) is -4.62. The maximum Gasteiger partial charge on any atom is 0.440 e. The fourth-order valence-corrected chi connectivity index (χ4v) is 3.55. The molecule has 34 heavy (non-hydrogen) atoms. The molecule has 0 unspecified atom stereocenters. The molecule has 0 atom stereocenters. The Kier molecular flexibility index (Phi) is 6.40. The van der Waals surface area contributed by atoms with E-state index in [1.165, 1.54) is 18.2 Å². The van der Waals surface area contributed by atoms with Gasteiger partial charge in [-0.1, -0.05) is 42.5 Å². The van der Waals surface area contributed by atoms with Crippen molar-refractivity contribution in [3.8, 4) is 16.9 Å². The van der Waals surface area contributed by atoms with Gasteiger partial charge in [0.05, 0.1) is 12.1 Å². The first-order valence-electron chi connectivity index (χ1n) is 10.1. The van der Waals surface area contributed by atoms with Crippen LogP contribution in [0.2, 0.25) is 0 Å². The zero-order chi connectivity index (χ0) is 24.3. The number of alkyl halides is 4. The van der Waals surface area contributed by atoms with Crippen LogP contribution in [0.25, 0.3) is 11.1 Å². The predicted octanol–water partition coefficient (Wildman–Crippen LogP) is 4.91. The summed E-state index contributed by atoms with van der Waals surface area (Å²) in [4.78, 5) is 24.6. The molecule has 0 saturated carbocycles. The Bertz CT molecular complexity index is 1400. The number of nitrogens with one attached hydrogen (secondary N) is 1. The van der Waals surface area contributed by atoms with E-state index in [4.69, 9.17) is 9.26 Å². The van der Waals surface area contributed by atoms with Crippen LogP contribution in [0, 0.1) is 0 Å². The SMILES string of the molecule is O=c1[nH]c(=O)n(Cc2ccc(OCc3cccc(-c4c(CF)cccc4C(F)(F)F)c3)cc2)o1. The first kappa shape index (κ1) is 23.1. The molecular formula is C24H18F4N2O4. The van der Waals surface area contributed by atoms with Crippen LogP contribution in [0.3, 0.4) is 0 Å². The van der Waals surface area contributed by atoms with Crippen LogP contribution in [0.4, 0.5) is 17.6 Å². The number of hydrogen-bond acceptors (Lipinski definition) is 4. The highest BCUT2D eigenvalue weighted by Crippen LogP contribution is 2.39. The van der Waals surface area contributed by atoms with Crippen molar-refractivity contribution in [1.82, 2.24) is 9.72 Å². The van der Waals surface area contributed by atoms with E-state index in [9.17, 15) is 27.2 Å². The fourth-order valence-electron chi connectivity index (χ4n) is 3.55. The van der Waals surface area contributed by atoms with Crippen LogP contribution in [0.5, 0.6) is 5.75 Å². The number of H-pyrrole nitrogens is 1. The molecule has 0 aliphatic carbocycles. The molecule has 0 aliphatic heterocycles. The van der Waals surface area contributed by atoms with E-state index < -0.39 is 29.9 Å². The summed E-state index contributed by atoms with van der Waals surface area (Å²) in [5, 5.41) is 0. The van der Waals surface area contributed by atoms with Crippen molar-refractivity contribution >= 4 is 0 Å². The lowest BCUT2D eigenvalue weighted by molar-refractivity contribution is -0.137. The molecule has 0 amide bonds. The number of ether oxygens (including phenoxy) is 1. The highest BCUT2D eigenvalue weighted by molar-refractivity contribution is 5.72. The highest BCUT2D eigenvalue weighted by Gasteiger charge is 2.34. The molecule has 6 nitrogen and oxygen atoms in total. The second-order valence-electron chi connectivity index (χ2n) is 7.45. The fraction of sp³-hybridized carbons (Fsp3) is 0.167. The first-order chi connectivity index (χ1) is 16.2. The number of benzene rings is 3. The average Bonchev–Trinajstić information content (AvgIpc) is 3.14. The third-order valence-electron chi connectivity index (χ3n) is 5.10. The Morgan fingerprint density at radius 1 is 0.941 bits per heavy atom. The van der Waals surface area contributed by atoms with E-state index in [0.29, 0.717) is 16.9 Å². The van der Waals surface area contributed by atoms with Crippen LogP contribution in [0.15, 0.2) is 80.8 Å². The summed E-state index contributed by atoms with van der Waals surface area (Å²) >= 11 is 0. The van der Waals surface area contributed by atoms with Gasteiger partial charge in [0.1, 0.15) is 19.0 Å². The smallest absolute Gasteiger partial charge is 0.440 e. The van der Waals surface area contributed by atoms with E-state index in [-0.39, 0.29) is 29.8 Å². The molecule has 4 aromatic rings. The van der Waals surface area contributed by atoms with Gasteiger partial charge < -0.3 is 9.26 Å². The standard InChI is InChI=1S/C24H18F4N2O4/c25-12-18-5-2-6-20(24(26,27)28)21(18)17-4-1-3-16(11-17)14-33-19-9-7-15(8-10-19)13-30-22(31)29-23(32)34-30/h1-11H,12-14H2,(H,29,31,32). The zero-order valence-electron chi connectivity index (χ0n) is 17.6. The second kappa shape index (κ2) is 9.42. The molecule has 0 aliphatic rings. The lowest BCUT2D eigenvalue weighted by Crippen LogP contribution is -2.17. The summed E-state index contributed by atoms with van der Waals surface area (Å²) in [6.45, 7) is -0.904. The van der Waals surface area contributed by atoms with E-state index in [0.717, 1.165) is 10.8 Å². The van der Waals surface area contributed by atoms with Crippen LogP contribution in [0.1, 0.15) is 22.3 Å². The Morgan fingerprint density at radius 3 is 2.32 bits per heavy atom.